The summed E-state index contributed by atoms with van der Waals surface area (Å²) in [4.78, 5) is 64.5. The first-order chi connectivity index (χ1) is 18.3. The molecule has 0 aromatic rings. The fraction of sp³-hybridized carbons (Fsp3) is 0.690. The van der Waals surface area contributed by atoms with E-state index < -0.39 is 77.4 Å². The van der Waals surface area contributed by atoms with Gasteiger partial charge in [-0.15, -0.1) is 0 Å². The number of rotatable bonds is 10. The van der Waals surface area contributed by atoms with Crippen LogP contribution < -0.4 is 0 Å². The van der Waals surface area contributed by atoms with Gasteiger partial charge in [-0.25, -0.2) is 9.59 Å². The van der Waals surface area contributed by atoms with E-state index in [1.165, 1.54) is 20.1 Å². The van der Waals surface area contributed by atoms with Gasteiger partial charge in [-0.05, 0) is 44.1 Å². The normalized spacial score (nSPS) is 33.5. The van der Waals surface area contributed by atoms with Gasteiger partial charge in [0.05, 0.1) is 25.6 Å². The highest BCUT2D eigenvalue weighted by molar-refractivity contribution is 5.88. The molecule has 0 aromatic heterocycles. The van der Waals surface area contributed by atoms with Crippen molar-refractivity contribution in [3.8, 4) is 0 Å². The number of epoxide rings is 1. The molecule has 0 radical (unpaired) electrons. The standard InChI is InChI=1S/C29H40O10/c1-9-14(3)11-21(32)38-26-24(29(13-36-29)28(34)35-8)23-19(12-20(31)22(23)17(6)37-18(7)30)16(5)25(26)39-27(33)15(4)10-2/h11,15,17,19,22-26H,5,9-10,12-13H2,1-4,6-8H3. The monoisotopic (exact) mass is 548 g/mol. The number of carbonyl (C=O) groups excluding carboxylic acids is 5. The van der Waals surface area contributed by atoms with Gasteiger partial charge in [0.1, 0.15) is 18.0 Å². The Balaban J connectivity index is 2.18. The van der Waals surface area contributed by atoms with Gasteiger partial charge in [0.2, 0.25) is 0 Å². The van der Waals surface area contributed by atoms with Gasteiger partial charge in [0.15, 0.2) is 11.7 Å². The maximum atomic E-state index is 13.4. The molecule has 1 heterocycles. The van der Waals surface area contributed by atoms with Crippen molar-refractivity contribution in [1.82, 2.24) is 0 Å². The molecule has 1 saturated heterocycles. The lowest BCUT2D eigenvalue weighted by molar-refractivity contribution is -0.187. The minimum atomic E-state index is -1.54. The van der Waals surface area contributed by atoms with E-state index in [2.05, 4.69) is 6.58 Å². The van der Waals surface area contributed by atoms with Crippen molar-refractivity contribution in [3.63, 3.8) is 0 Å². The highest BCUT2D eigenvalue weighted by Crippen LogP contribution is 2.58. The molecule has 3 rings (SSSR count). The SMILES string of the molecule is C=C1C2CC(=O)C(C(C)OC(C)=O)C2C(C2(C(=O)OC)CO2)C(OC(=O)C=C(C)CC)C1OC(=O)C(C)CC. The fourth-order valence-electron chi connectivity index (χ4n) is 5.98. The second-order valence-electron chi connectivity index (χ2n) is 10.9. The van der Waals surface area contributed by atoms with Gasteiger partial charge < -0.3 is 23.7 Å². The second kappa shape index (κ2) is 12.0. The lowest BCUT2D eigenvalue weighted by Crippen LogP contribution is -2.59. The van der Waals surface area contributed by atoms with E-state index in [1.807, 2.05) is 13.8 Å². The molecule has 10 heteroatoms. The van der Waals surface area contributed by atoms with Gasteiger partial charge in [-0.2, -0.15) is 0 Å². The Morgan fingerprint density at radius 2 is 1.79 bits per heavy atom. The average molecular weight is 549 g/mol. The number of esters is 4. The van der Waals surface area contributed by atoms with Crippen LogP contribution in [0.2, 0.25) is 0 Å². The zero-order chi connectivity index (χ0) is 29.2. The minimum Gasteiger partial charge on any atom is -0.467 e. The number of hydrogen-bond donors (Lipinski definition) is 0. The average Bonchev–Trinajstić information content (AvgIpc) is 3.60. The number of allylic oxidation sites excluding steroid dienone is 1. The third-order valence-electron chi connectivity index (χ3n) is 8.40. The summed E-state index contributed by atoms with van der Waals surface area (Å²) in [6.07, 6.45) is -0.647. The van der Waals surface area contributed by atoms with Gasteiger partial charge in [-0.3, -0.25) is 14.4 Å². The van der Waals surface area contributed by atoms with Crippen molar-refractivity contribution >= 4 is 29.7 Å². The lowest BCUT2D eigenvalue weighted by atomic mass is 9.61. The van der Waals surface area contributed by atoms with Crippen molar-refractivity contribution in [2.45, 2.75) is 84.7 Å². The Labute approximate surface area is 229 Å². The van der Waals surface area contributed by atoms with Gasteiger partial charge >= 0.3 is 23.9 Å². The Morgan fingerprint density at radius 3 is 2.31 bits per heavy atom. The summed E-state index contributed by atoms with van der Waals surface area (Å²) in [5, 5.41) is 0. The molecule has 10 nitrogen and oxygen atoms in total. The van der Waals surface area contributed by atoms with Crippen molar-refractivity contribution < 1.29 is 47.7 Å². The van der Waals surface area contributed by atoms with Crippen molar-refractivity contribution in [2.75, 3.05) is 13.7 Å². The highest BCUT2D eigenvalue weighted by Gasteiger charge is 2.72. The largest absolute Gasteiger partial charge is 0.467 e. The summed E-state index contributed by atoms with van der Waals surface area (Å²) < 4.78 is 28.2. The zero-order valence-electron chi connectivity index (χ0n) is 23.8. The lowest BCUT2D eigenvalue weighted by Gasteiger charge is -2.48. The van der Waals surface area contributed by atoms with Crippen LogP contribution in [0.5, 0.6) is 0 Å². The molecule has 0 bridgehead atoms. The van der Waals surface area contributed by atoms with E-state index >= 15 is 0 Å². The van der Waals surface area contributed by atoms with Crippen LogP contribution in [-0.2, 0) is 47.7 Å². The Bertz CT molecular complexity index is 1050. The van der Waals surface area contributed by atoms with Crippen molar-refractivity contribution in [1.29, 1.82) is 0 Å². The third kappa shape index (κ3) is 5.95. The molecule has 1 aliphatic heterocycles. The molecule has 0 spiro atoms. The molecule has 3 aliphatic rings. The van der Waals surface area contributed by atoms with E-state index in [1.54, 1.807) is 20.8 Å². The number of methoxy groups -OCH3 is 1. The summed E-state index contributed by atoms with van der Waals surface area (Å²) in [5.74, 6) is -6.04. The number of Topliss-reactive ketones (excluding diaryl/α,β-unsaturated/α-hetero) is 1. The second-order valence-corrected chi connectivity index (χ2v) is 10.9. The van der Waals surface area contributed by atoms with E-state index in [0.29, 0.717) is 18.4 Å². The summed E-state index contributed by atoms with van der Waals surface area (Å²) >= 11 is 0. The molecule has 0 N–H and O–H groups in total. The van der Waals surface area contributed by atoms with Crippen LogP contribution in [0.4, 0.5) is 0 Å². The van der Waals surface area contributed by atoms with Crippen LogP contribution in [-0.4, -0.2) is 67.3 Å². The smallest absolute Gasteiger partial charge is 0.341 e. The van der Waals surface area contributed by atoms with E-state index in [0.717, 1.165) is 5.57 Å². The molecule has 216 valence electrons. The molecule has 9 unspecified atom stereocenters. The number of ether oxygens (including phenoxy) is 5. The number of fused-ring (bicyclic) bond motifs is 1. The topological polar surface area (TPSA) is 135 Å². The predicted molar refractivity (Wildman–Crippen MR) is 138 cm³/mol. The zero-order valence-corrected chi connectivity index (χ0v) is 23.8. The van der Waals surface area contributed by atoms with Crippen LogP contribution in [0.15, 0.2) is 23.8 Å². The summed E-state index contributed by atoms with van der Waals surface area (Å²) in [6.45, 7) is 14.3. The molecule has 39 heavy (non-hydrogen) atoms. The molecule has 9 atom stereocenters. The Hall–Kier alpha value is -3.01. The number of carbonyl (C=O) groups is 5. The molecule has 0 amide bonds. The molecule has 0 aromatic carbocycles. The first-order valence-corrected chi connectivity index (χ1v) is 13.5. The number of ketones is 1. The number of hydrogen-bond acceptors (Lipinski definition) is 10. The van der Waals surface area contributed by atoms with E-state index in [-0.39, 0.29) is 18.8 Å². The Kier molecular flexibility index (Phi) is 9.41. The fourth-order valence-corrected chi connectivity index (χ4v) is 5.98. The molecule has 2 saturated carbocycles. The first kappa shape index (κ1) is 30.5. The van der Waals surface area contributed by atoms with Crippen molar-refractivity contribution in [3.05, 3.63) is 23.8 Å². The summed E-state index contributed by atoms with van der Waals surface area (Å²) in [7, 11) is 1.22. The third-order valence-corrected chi connectivity index (χ3v) is 8.40. The van der Waals surface area contributed by atoms with E-state index in [4.69, 9.17) is 23.7 Å². The van der Waals surface area contributed by atoms with Crippen LogP contribution in [0.3, 0.4) is 0 Å². The van der Waals surface area contributed by atoms with Crippen LogP contribution in [0.1, 0.15) is 60.8 Å². The van der Waals surface area contributed by atoms with Gasteiger partial charge in [0, 0.05) is 25.3 Å². The molecule has 3 fully saturated rings. The summed E-state index contributed by atoms with van der Waals surface area (Å²) in [6, 6.07) is 0. The maximum Gasteiger partial charge on any atom is 0.341 e. The minimum absolute atomic E-state index is 0.0349. The maximum absolute atomic E-state index is 13.4. The van der Waals surface area contributed by atoms with Crippen LogP contribution >= 0.6 is 0 Å². The molecular weight excluding hydrogens is 508 g/mol. The van der Waals surface area contributed by atoms with Crippen LogP contribution in [0, 0.1) is 29.6 Å². The molecular formula is C29H40O10. The van der Waals surface area contributed by atoms with Gasteiger partial charge in [-0.1, -0.05) is 32.9 Å². The quantitative estimate of drug-likeness (QED) is 0.132. The predicted octanol–water partition coefficient (Wildman–Crippen LogP) is 3.11. The molecule has 2 aliphatic carbocycles. The highest BCUT2D eigenvalue weighted by atomic mass is 16.6. The van der Waals surface area contributed by atoms with E-state index in [9.17, 15) is 24.0 Å². The Morgan fingerprint density at radius 1 is 1.15 bits per heavy atom. The van der Waals surface area contributed by atoms with Crippen molar-refractivity contribution in [2.24, 2.45) is 29.6 Å². The summed E-state index contributed by atoms with van der Waals surface area (Å²) in [5.41, 5.74) is -0.361. The van der Waals surface area contributed by atoms with Gasteiger partial charge in [0.25, 0.3) is 0 Å². The van der Waals surface area contributed by atoms with Crippen LogP contribution in [0.25, 0.3) is 0 Å². The first-order valence-electron chi connectivity index (χ1n) is 13.5.